The minimum absolute atomic E-state index is 0.0711. The highest BCUT2D eigenvalue weighted by Crippen LogP contribution is 2.29. The van der Waals surface area contributed by atoms with Gasteiger partial charge in [-0.3, -0.25) is 9.69 Å². The van der Waals surface area contributed by atoms with E-state index in [0.29, 0.717) is 6.54 Å². The Kier molecular flexibility index (Phi) is 5.71. The number of benzene rings is 1. The Morgan fingerprint density at radius 1 is 0.962 bits per heavy atom. The van der Waals surface area contributed by atoms with E-state index in [1.54, 1.807) is 11.3 Å². The van der Waals surface area contributed by atoms with Crippen LogP contribution in [-0.4, -0.2) is 23.9 Å². The molecule has 1 aromatic carbocycles. The van der Waals surface area contributed by atoms with Gasteiger partial charge in [0.25, 0.3) is 5.91 Å². The standard InChI is InChI=1S/C22H28N2OS/c25-22(21-14-19-6-2-3-7-20(19)26-21)23-15-17-8-10-18(11-9-17)16-24-12-4-1-5-13-24/h8-11,14H,1-7,12-13,15-16H2,(H,23,25). The van der Waals surface area contributed by atoms with Crippen LogP contribution >= 0.6 is 11.3 Å². The third kappa shape index (κ3) is 4.36. The molecule has 0 radical (unpaired) electrons. The van der Waals surface area contributed by atoms with Gasteiger partial charge in [-0.15, -0.1) is 11.3 Å². The van der Waals surface area contributed by atoms with E-state index in [4.69, 9.17) is 0 Å². The minimum atomic E-state index is 0.0711. The molecule has 4 heteroatoms. The number of nitrogens with zero attached hydrogens (tertiary/aromatic N) is 1. The molecule has 1 aliphatic carbocycles. The number of hydrogen-bond donors (Lipinski definition) is 1. The van der Waals surface area contributed by atoms with Gasteiger partial charge in [0.15, 0.2) is 0 Å². The molecule has 0 saturated carbocycles. The largest absolute Gasteiger partial charge is 0.347 e. The topological polar surface area (TPSA) is 32.3 Å². The van der Waals surface area contributed by atoms with Crippen LogP contribution in [0.1, 0.15) is 63.3 Å². The van der Waals surface area contributed by atoms with Crippen LogP contribution in [0.4, 0.5) is 0 Å². The van der Waals surface area contributed by atoms with Crippen LogP contribution < -0.4 is 5.32 Å². The first kappa shape index (κ1) is 17.7. The summed E-state index contributed by atoms with van der Waals surface area (Å²) in [6.07, 6.45) is 8.84. The summed E-state index contributed by atoms with van der Waals surface area (Å²) < 4.78 is 0. The quantitative estimate of drug-likeness (QED) is 0.840. The lowest BCUT2D eigenvalue weighted by Crippen LogP contribution is -2.29. The van der Waals surface area contributed by atoms with Crippen molar-refractivity contribution in [3.8, 4) is 0 Å². The van der Waals surface area contributed by atoms with Gasteiger partial charge in [0.1, 0.15) is 0 Å². The minimum Gasteiger partial charge on any atom is -0.347 e. The first-order valence-corrected chi connectivity index (χ1v) is 10.8. The number of nitrogens with one attached hydrogen (secondary N) is 1. The molecule has 2 heterocycles. The Bertz CT molecular complexity index is 721. The van der Waals surface area contributed by atoms with E-state index in [0.717, 1.165) is 24.3 Å². The first-order chi connectivity index (χ1) is 12.8. The van der Waals surface area contributed by atoms with Crippen molar-refractivity contribution in [3.05, 3.63) is 56.8 Å². The van der Waals surface area contributed by atoms with Gasteiger partial charge in [-0.1, -0.05) is 30.7 Å². The molecule has 1 aliphatic heterocycles. The molecule has 1 saturated heterocycles. The highest BCUT2D eigenvalue weighted by molar-refractivity contribution is 7.14. The number of likely N-dealkylation sites (tertiary alicyclic amines) is 1. The van der Waals surface area contributed by atoms with E-state index in [9.17, 15) is 4.79 Å². The number of carbonyl (C=O) groups is 1. The second kappa shape index (κ2) is 8.36. The lowest BCUT2D eigenvalue weighted by Gasteiger charge is -2.26. The molecule has 1 fully saturated rings. The van der Waals surface area contributed by atoms with Gasteiger partial charge in [0.05, 0.1) is 4.88 Å². The molecule has 1 N–H and O–H groups in total. The summed E-state index contributed by atoms with van der Waals surface area (Å²) in [6, 6.07) is 10.8. The molecule has 26 heavy (non-hydrogen) atoms. The van der Waals surface area contributed by atoms with Gasteiger partial charge < -0.3 is 5.32 Å². The van der Waals surface area contributed by atoms with Gasteiger partial charge >= 0.3 is 0 Å². The molecule has 0 bridgehead atoms. The number of piperidine rings is 1. The number of carbonyl (C=O) groups excluding carboxylic acids is 1. The predicted molar refractivity (Wildman–Crippen MR) is 108 cm³/mol. The Labute approximate surface area is 160 Å². The van der Waals surface area contributed by atoms with Gasteiger partial charge in [-0.25, -0.2) is 0 Å². The van der Waals surface area contributed by atoms with Gasteiger partial charge in [0.2, 0.25) is 0 Å². The smallest absolute Gasteiger partial charge is 0.261 e. The highest BCUT2D eigenvalue weighted by atomic mass is 32.1. The summed E-state index contributed by atoms with van der Waals surface area (Å²) in [6.45, 7) is 4.10. The van der Waals surface area contributed by atoms with Crippen molar-refractivity contribution >= 4 is 17.2 Å². The Morgan fingerprint density at radius 3 is 2.46 bits per heavy atom. The first-order valence-electron chi connectivity index (χ1n) is 9.98. The maximum absolute atomic E-state index is 12.5. The monoisotopic (exact) mass is 368 g/mol. The highest BCUT2D eigenvalue weighted by Gasteiger charge is 2.17. The van der Waals surface area contributed by atoms with E-state index in [2.05, 4.69) is 40.5 Å². The second-order valence-electron chi connectivity index (χ2n) is 7.60. The summed E-state index contributed by atoms with van der Waals surface area (Å²) in [5.41, 5.74) is 3.93. The van der Waals surface area contributed by atoms with Crippen LogP contribution in [0, 0.1) is 0 Å². The third-order valence-electron chi connectivity index (χ3n) is 5.55. The van der Waals surface area contributed by atoms with Gasteiger partial charge in [0, 0.05) is 18.0 Å². The van der Waals surface area contributed by atoms with E-state index in [1.165, 1.54) is 66.8 Å². The number of amides is 1. The van der Waals surface area contributed by atoms with Crippen LogP contribution in [0.2, 0.25) is 0 Å². The molecule has 1 amide bonds. The Morgan fingerprint density at radius 2 is 1.69 bits per heavy atom. The maximum atomic E-state index is 12.5. The van der Waals surface area contributed by atoms with Crippen LogP contribution in [0.5, 0.6) is 0 Å². The van der Waals surface area contributed by atoms with Crippen LogP contribution in [-0.2, 0) is 25.9 Å². The second-order valence-corrected chi connectivity index (χ2v) is 8.74. The van der Waals surface area contributed by atoms with E-state index >= 15 is 0 Å². The number of hydrogen-bond acceptors (Lipinski definition) is 3. The van der Waals surface area contributed by atoms with Crippen molar-refractivity contribution in [2.75, 3.05) is 13.1 Å². The fourth-order valence-corrected chi connectivity index (χ4v) is 5.18. The van der Waals surface area contributed by atoms with Crippen molar-refractivity contribution in [3.63, 3.8) is 0 Å². The number of thiophene rings is 1. The SMILES string of the molecule is O=C(NCc1ccc(CN2CCCCC2)cc1)c1cc2c(s1)CCCC2. The van der Waals surface area contributed by atoms with Crippen LogP contribution in [0.3, 0.4) is 0 Å². The predicted octanol–water partition coefficient (Wildman–Crippen LogP) is 4.54. The number of fused-ring (bicyclic) bond motifs is 1. The molecule has 4 rings (SSSR count). The molecule has 2 aliphatic rings. The van der Waals surface area contributed by atoms with Crippen molar-refractivity contribution in [2.24, 2.45) is 0 Å². The average molecular weight is 369 g/mol. The Balaban J connectivity index is 1.30. The number of aryl methyl sites for hydroxylation is 2. The summed E-state index contributed by atoms with van der Waals surface area (Å²) in [4.78, 5) is 17.3. The van der Waals surface area contributed by atoms with Crippen LogP contribution in [0.15, 0.2) is 30.3 Å². The zero-order valence-corrected chi connectivity index (χ0v) is 16.2. The lowest BCUT2D eigenvalue weighted by molar-refractivity contribution is 0.0955. The third-order valence-corrected chi connectivity index (χ3v) is 6.79. The maximum Gasteiger partial charge on any atom is 0.261 e. The average Bonchev–Trinajstić information content (AvgIpc) is 3.12. The Hall–Kier alpha value is -1.65. The van der Waals surface area contributed by atoms with Crippen molar-refractivity contribution < 1.29 is 4.79 Å². The molecule has 0 spiro atoms. The van der Waals surface area contributed by atoms with Crippen molar-refractivity contribution in [1.29, 1.82) is 0 Å². The summed E-state index contributed by atoms with van der Waals surface area (Å²) in [7, 11) is 0. The van der Waals surface area contributed by atoms with Crippen molar-refractivity contribution in [1.82, 2.24) is 10.2 Å². The molecule has 0 unspecified atom stereocenters. The summed E-state index contributed by atoms with van der Waals surface area (Å²) in [5.74, 6) is 0.0711. The van der Waals surface area contributed by atoms with E-state index < -0.39 is 0 Å². The molecule has 138 valence electrons. The fourth-order valence-electron chi connectivity index (χ4n) is 4.01. The van der Waals surface area contributed by atoms with Gasteiger partial charge in [-0.2, -0.15) is 0 Å². The number of rotatable bonds is 5. The molecule has 3 nitrogen and oxygen atoms in total. The van der Waals surface area contributed by atoms with Crippen molar-refractivity contribution in [2.45, 2.75) is 58.0 Å². The zero-order valence-electron chi connectivity index (χ0n) is 15.4. The van der Waals surface area contributed by atoms with Crippen LogP contribution in [0.25, 0.3) is 0 Å². The van der Waals surface area contributed by atoms with Gasteiger partial charge in [-0.05, 0) is 74.4 Å². The lowest BCUT2D eigenvalue weighted by atomic mass is 9.99. The van der Waals surface area contributed by atoms with E-state index in [1.807, 2.05) is 0 Å². The normalized spacial score (nSPS) is 17.7. The summed E-state index contributed by atoms with van der Waals surface area (Å²) in [5, 5.41) is 3.09. The molecule has 0 atom stereocenters. The fraction of sp³-hybridized carbons (Fsp3) is 0.500. The summed E-state index contributed by atoms with van der Waals surface area (Å²) >= 11 is 1.68. The van der Waals surface area contributed by atoms with E-state index in [-0.39, 0.29) is 5.91 Å². The molecule has 2 aromatic rings. The molecule has 1 aromatic heterocycles. The molecular formula is C22H28N2OS. The molecular weight excluding hydrogens is 340 g/mol. The zero-order chi connectivity index (χ0) is 17.8.